The molecule has 27 heavy (non-hydrogen) atoms. The van der Waals surface area contributed by atoms with Gasteiger partial charge in [-0.15, -0.1) is 0 Å². The molecule has 0 spiro atoms. The second-order valence-electron chi connectivity index (χ2n) is 8.08. The molecule has 0 bridgehead atoms. The summed E-state index contributed by atoms with van der Waals surface area (Å²) in [5, 5.41) is 0. The first kappa shape index (κ1) is 20.9. The van der Waals surface area contributed by atoms with E-state index in [1.54, 1.807) is 0 Å². The molecule has 0 saturated heterocycles. The Morgan fingerprint density at radius 1 is 1.07 bits per heavy atom. The van der Waals surface area contributed by atoms with Gasteiger partial charge in [0.15, 0.2) is 0 Å². The number of hydrogen-bond acceptors (Lipinski definition) is 3. The molecule has 3 heteroatoms. The van der Waals surface area contributed by atoms with Crippen molar-refractivity contribution in [3.05, 3.63) is 83.4 Å². The zero-order valence-electron chi connectivity index (χ0n) is 17.2. The van der Waals surface area contributed by atoms with E-state index in [1.807, 2.05) is 39.0 Å². The third kappa shape index (κ3) is 6.69. The fraction of sp³-hybridized carbons (Fsp3) is 0.375. The lowest BCUT2D eigenvalue weighted by Gasteiger charge is -2.30. The van der Waals surface area contributed by atoms with Gasteiger partial charge >= 0.3 is 5.97 Å². The lowest BCUT2D eigenvalue weighted by atomic mass is 10.0. The first-order valence-electron chi connectivity index (χ1n) is 9.41. The van der Waals surface area contributed by atoms with Crippen LogP contribution in [0.15, 0.2) is 66.7 Å². The van der Waals surface area contributed by atoms with Crippen molar-refractivity contribution in [3.63, 3.8) is 0 Å². The van der Waals surface area contributed by atoms with Crippen molar-refractivity contribution >= 4 is 5.97 Å². The van der Waals surface area contributed by atoms with Crippen LogP contribution < -0.4 is 0 Å². The number of benzene rings is 2. The van der Waals surface area contributed by atoms with E-state index < -0.39 is 5.60 Å². The summed E-state index contributed by atoms with van der Waals surface area (Å²) in [6, 6.07) is 19.0. The van der Waals surface area contributed by atoms with Gasteiger partial charge in [-0.3, -0.25) is 4.90 Å². The Balaban J connectivity index is 2.19. The molecule has 0 N–H and O–H groups in total. The summed E-state index contributed by atoms with van der Waals surface area (Å²) in [6.45, 7) is 15.0. The number of carbonyl (C=O) groups excluding carboxylic acids is 1. The Kier molecular flexibility index (Phi) is 6.98. The smallest absolute Gasteiger partial charge is 0.335 e. The molecule has 1 atom stereocenters. The highest BCUT2D eigenvalue weighted by Crippen LogP contribution is 2.24. The van der Waals surface area contributed by atoms with Crippen LogP contribution in [0.25, 0.3) is 0 Å². The van der Waals surface area contributed by atoms with Gasteiger partial charge in [-0.25, -0.2) is 4.79 Å². The zero-order valence-corrected chi connectivity index (χ0v) is 17.2. The number of aryl methyl sites for hydroxylation is 1. The van der Waals surface area contributed by atoms with Crippen LogP contribution in [-0.2, 0) is 16.1 Å². The molecule has 0 aliphatic carbocycles. The van der Waals surface area contributed by atoms with Crippen molar-refractivity contribution in [3.8, 4) is 0 Å². The van der Waals surface area contributed by atoms with Crippen LogP contribution in [0.1, 0.15) is 50.4 Å². The third-order valence-electron chi connectivity index (χ3n) is 4.42. The Morgan fingerprint density at radius 2 is 1.67 bits per heavy atom. The minimum Gasteiger partial charge on any atom is -0.457 e. The standard InChI is InChI=1S/C24H31NO2/c1-18-12-14-22(15-13-18)20(3)25(17-21-10-8-7-9-11-21)16-19(2)23(26)27-24(4,5)6/h7-15,20H,2,16-17H2,1,3-6H3. The number of rotatable bonds is 7. The predicted octanol–water partition coefficient (Wildman–Crippen LogP) is 5.46. The van der Waals surface area contributed by atoms with E-state index in [2.05, 4.69) is 61.7 Å². The largest absolute Gasteiger partial charge is 0.457 e. The summed E-state index contributed by atoms with van der Waals surface area (Å²) < 4.78 is 5.49. The highest BCUT2D eigenvalue weighted by molar-refractivity contribution is 5.88. The van der Waals surface area contributed by atoms with E-state index in [9.17, 15) is 4.79 Å². The maximum atomic E-state index is 12.4. The molecule has 0 aliphatic rings. The minimum absolute atomic E-state index is 0.144. The van der Waals surface area contributed by atoms with Gasteiger partial charge in [0, 0.05) is 24.7 Å². The summed E-state index contributed by atoms with van der Waals surface area (Å²) in [7, 11) is 0. The van der Waals surface area contributed by atoms with Crippen molar-refractivity contribution < 1.29 is 9.53 Å². The Labute approximate surface area is 163 Å². The Hall–Kier alpha value is -2.39. The lowest BCUT2D eigenvalue weighted by molar-refractivity contribution is -0.150. The Bertz CT molecular complexity index is 757. The number of carbonyl (C=O) groups is 1. The number of hydrogen-bond donors (Lipinski definition) is 0. The molecule has 1 unspecified atom stereocenters. The van der Waals surface area contributed by atoms with Crippen LogP contribution in [0.3, 0.4) is 0 Å². The van der Waals surface area contributed by atoms with Crippen LogP contribution in [0, 0.1) is 6.92 Å². The summed E-state index contributed by atoms with van der Waals surface area (Å²) >= 11 is 0. The molecule has 0 amide bonds. The van der Waals surface area contributed by atoms with Gasteiger partial charge in [0.2, 0.25) is 0 Å². The summed E-state index contributed by atoms with van der Waals surface area (Å²) in [6.07, 6.45) is 0. The van der Waals surface area contributed by atoms with Crippen LogP contribution >= 0.6 is 0 Å². The number of ether oxygens (including phenoxy) is 1. The zero-order chi connectivity index (χ0) is 20.0. The van der Waals surface area contributed by atoms with E-state index in [-0.39, 0.29) is 12.0 Å². The van der Waals surface area contributed by atoms with Gasteiger partial charge in [-0.2, -0.15) is 0 Å². The minimum atomic E-state index is -0.521. The average molecular weight is 366 g/mol. The van der Waals surface area contributed by atoms with Crippen molar-refractivity contribution in [2.45, 2.75) is 52.8 Å². The summed E-state index contributed by atoms with van der Waals surface area (Å²) in [4.78, 5) is 14.7. The van der Waals surface area contributed by atoms with Crippen LogP contribution in [0.2, 0.25) is 0 Å². The average Bonchev–Trinajstić information content (AvgIpc) is 2.60. The molecule has 2 rings (SSSR count). The van der Waals surface area contributed by atoms with E-state index in [0.717, 1.165) is 6.54 Å². The van der Waals surface area contributed by atoms with Gasteiger partial charge in [-0.1, -0.05) is 66.7 Å². The maximum Gasteiger partial charge on any atom is 0.335 e. The molecule has 0 fully saturated rings. The van der Waals surface area contributed by atoms with Crippen LogP contribution in [-0.4, -0.2) is 23.0 Å². The van der Waals surface area contributed by atoms with Gasteiger partial charge in [-0.05, 0) is 45.7 Å². The quantitative estimate of drug-likeness (QED) is 0.482. The molecule has 2 aromatic carbocycles. The molecule has 144 valence electrons. The molecular weight excluding hydrogens is 334 g/mol. The first-order chi connectivity index (χ1) is 12.7. The molecule has 0 saturated carbocycles. The van der Waals surface area contributed by atoms with E-state index in [4.69, 9.17) is 4.74 Å². The van der Waals surface area contributed by atoms with Gasteiger partial charge < -0.3 is 4.74 Å². The second kappa shape index (κ2) is 9.01. The fourth-order valence-electron chi connectivity index (χ4n) is 2.86. The summed E-state index contributed by atoms with van der Waals surface area (Å²) in [5.74, 6) is -0.336. The highest BCUT2D eigenvalue weighted by atomic mass is 16.6. The van der Waals surface area contributed by atoms with E-state index >= 15 is 0 Å². The molecule has 0 aliphatic heterocycles. The van der Waals surface area contributed by atoms with E-state index in [1.165, 1.54) is 16.7 Å². The van der Waals surface area contributed by atoms with Crippen molar-refractivity contribution in [1.29, 1.82) is 0 Å². The van der Waals surface area contributed by atoms with Crippen molar-refractivity contribution in [2.24, 2.45) is 0 Å². The molecule has 2 aromatic rings. The van der Waals surface area contributed by atoms with Crippen molar-refractivity contribution in [2.75, 3.05) is 6.54 Å². The predicted molar refractivity (Wildman–Crippen MR) is 111 cm³/mol. The van der Waals surface area contributed by atoms with Crippen LogP contribution in [0.4, 0.5) is 0 Å². The third-order valence-corrected chi connectivity index (χ3v) is 4.42. The SMILES string of the molecule is C=C(CN(Cc1ccccc1)C(C)c1ccc(C)cc1)C(=O)OC(C)(C)C. The molecule has 0 radical (unpaired) electrons. The van der Waals surface area contributed by atoms with Gasteiger partial charge in [0.1, 0.15) is 5.60 Å². The molecular formula is C24H31NO2. The highest BCUT2D eigenvalue weighted by Gasteiger charge is 2.23. The van der Waals surface area contributed by atoms with Gasteiger partial charge in [0.05, 0.1) is 0 Å². The molecule has 3 nitrogen and oxygen atoms in total. The second-order valence-corrected chi connectivity index (χ2v) is 8.08. The van der Waals surface area contributed by atoms with Crippen LogP contribution in [0.5, 0.6) is 0 Å². The van der Waals surface area contributed by atoms with Crippen molar-refractivity contribution in [1.82, 2.24) is 4.90 Å². The fourth-order valence-corrected chi connectivity index (χ4v) is 2.86. The first-order valence-corrected chi connectivity index (χ1v) is 9.41. The Morgan fingerprint density at radius 3 is 2.22 bits per heavy atom. The maximum absolute atomic E-state index is 12.4. The molecule has 0 heterocycles. The van der Waals surface area contributed by atoms with Gasteiger partial charge in [0.25, 0.3) is 0 Å². The lowest BCUT2D eigenvalue weighted by Crippen LogP contribution is -2.33. The number of esters is 1. The normalized spacial score (nSPS) is 12.7. The van der Waals surface area contributed by atoms with E-state index in [0.29, 0.717) is 12.1 Å². The topological polar surface area (TPSA) is 29.5 Å². The monoisotopic (exact) mass is 365 g/mol. The molecule has 0 aromatic heterocycles. The number of nitrogens with zero attached hydrogens (tertiary/aromatic N) is 1. The summed E-state index contributed by atoms with van der Waals surface area (Å²) in [5.41, 5.74) is 3.60.